The number of hydrogen-bond donors (Lipinski definition) is 2. The van der Waals surface area contributed by atoms with Crippen LogP contribution in [0.1, 0.15) is 43.5 Å². The van der Waals surface area contributed by atoms with Crippen molar-refractivity contribution in [3.63, 3.8) is 0 Å². The van der Waals surface area contributed by atoms with Crippen LogP contribution in [0.4, 0.5) is 11.4 Å². The molecule has 3 amide bonds. The van der Waals surface area contributed by atoms with Crippen LogP contribution in [-0.4, -0.2) is 54.5 Å². The number of nitrogens with zero attached hydrogens (tertiary/aromatic N) is 1. The van der Waals surface area contributed by atoms with Crippen molar-refractivity contribution in [2.75, 3.05) is 24.3 Å². The molecule has 2 aromatic carbocycles. The Morgan fingerprint density at radius 3 is 2.56 bits per heavy atom. The average molecular weight is 466 g/mol. The van der Waals surface area contributed by atoms with E-state index in [4.69, 9.17) is 9.47 Å². The van der Waals surface area contributed by atoms with Gasteiger partial charge < -0.3 is 25.0 Å². The Labute approximate surface area is 199 Å². The quantitative estimate of drug-likeness (QED) is 0.702. The minimum atomic E-state index is -0.342. The Kier molecular flexibility index (Phi) is 7.17. The minimum absolute atomic E-state index is 0.104. The molecule has 0 bridgehead atoms. The third-order valence-corrected chi connectivity index (χ3v) is 6.27. The van der Waals surface area contributed by atoms with Crippen LogP contribution in [0.3, 0.4) is 0 Å². The van der Waals surface area contributed by atoms with Gasteiger partial charge in [0.15, 0.2) is 0 Å². The number of para-hydroxylation sites is 1. The molecule has 0 spiro atoms. The molecule has 0 aliphatic carbocycles. The maximum atomic E-state index is 13.3. The summed E-state index contributed by atoms with van der Waals surface area (Å²) in [6.07, 6.45) is 1.03. The van der Waals surface area contributed by atoms with Gasteiger partial charge in [0.1, 0.15) is 18.5 Å². The van der Waals surface area contributed by atoms with Crippen LogP contribution in [0.15, 0.2) is 48.5 Å². The molecule has 2 heterocycles. The number of nitrogens with one attached hydrogen (secondary N) is 2. The van der Waals surface area contributed by atoms with Crippen molar-refractivity contribution >= 4 is 29.1 Å². The molecule has 1 fully saturated rings. The highest BCUT2D eigenvalue weighted by atomic mass is 16.5. The van der Waals surface area contributed by atoms with E-state index in [1.807, 2.05) is 44.2 Å². The number of carbonyl (C=O) groups excluding carboxylic acids is 3. The van der Waals surface area contributed by atoms with Crippen molar-refractivity contribution in [1.29, 1.82) is 0 Å². The molecule has 2 N–H and O–H groups in total. The van der Waals surface area contributed by atoms with Crippen molar-refractivity contribution in [3.05, 3.63) is 54.1 Å². The van der Waals surface area contributed by atoms with E-state index < -0.39 is 0 Å². The van der Waals surface area contributed by atoms with E-state index in [0.29, 0.717) is 29.8 Å². The van der Waals surface area contributed by atoms with Gasteiger partial charge in [-0.3, -0.25) is 14.4 Å². The van der Waals surface area contributed by atoms with Crippen LogP contribution in [0, 0.1) is 5.92 Å². The van der Waals surface area contributed by atoms with Gasteiger partial charge in [-0.2, -0.15) is 0 Å². The monoisotopic (exact) mass is 465 g/mol. The SMILES string of the molecule is CC(C)C(=O)Nc1ccc2c(c1)C(=O)N(C)[C@H]1CC[C@@H](CC(=O)Nc3ccccc3)O[C@@H]1CO2. The molecule has 2 aromatic rings. The highest BCUT2D eigenvalue weighted by Gasteiger charge is 2.39. The standard InChI is InChI=1S/C26H31N3O5/c1-16(2)25(31)28-18-9-12-22-20(13-18)26(32)29(3)21-11-10-19(34-23(21)15-33-22)14-24(30)27-17-7-5-4-6-8-17/h4-9,12-13,16,19,21,23H,10-11,14-15H2,1-3H3,(H,27,30)(H,28,31)/t19-,21-,23+/m0/s1. The van der Waals surface area contributed by atoms with E-state index in [0.717, 1.165) is 5.69 Å². The molecule has 2 aliphatic rings. The van der Waals surface area contributed by atoms with Crippen molar-refractivity contribution in [2.45, 2.75) is 51.4 Å². The van der Waals surface area contributed by atoms with Crippen molar-refractivity contribution in [2.24, 2.45) is 5.92 Å². The zero-order valence-corrected chi connectivity index (χ0v) is 19.7. The van der Waals surface area contributed by atoms with E-state index in [2.05, 4.69) is 10.6 Å². The molecule has 180 valence electrons. The second-order valence-electron chi connectivity index (χ2n) is 9.14. The highest BCUT2D eigenvalue weighted by molar-refractivity contribution is 6.00. The van der Waals surface area contributed by atoms with E-state index in [1.54, 1.807) is 30.1 Å². The summed E-state index contributed by atoms with van der Waals surface area (Å²) in [5.41, 5.74) is 1.72. The molecular weight excluding hydrogens is 434 g/mol. The van der Waals surface area contributed by atoms with Gasteiger partial charge in [-0.1, -0.05) is 32.0 Å². The lowest BCUT2D eigenvalue weighted by molar-refractivity contribution is -0.130. The largest absolute Gasteiger partial charge is 0.490 e. The lowest BCUT2D eigenvalue weighted by Crippen LogP contribution is -2.53. The van der Waals surface area contributed by atoms with Crippen molar-refractivity contribution < 1.29 is 23.9 Å². The third-order valence-electron chi connectivity index (χ3n) is 6.27. The second-order valence-corrected chi connectivity index (χ2v) is 9.14. The molecule has 2 aliphatic heterocycles. The molecule has 0 aromatic heterocycles. The van der Waals surface area contributed by atoms with Gasteiger partial charge in [0.2, 0.25) is 11.8 Å². The van der Waals surface area contributed by atoms with Crippen LogP contribution in [0.2, 0.25) is 0 Å². The van der Waals surface area contributed by atoms with Gasteiger partial charge in [-0.25, -0.2) is 0 Å². The number of likely N-dealkylation sites (N-methyl/N-ethyl adjacent to an activating group) is 1. The highest BCUT2D eigenvalue weighted by Crippen LogP contribution is 2.32. The number of carbonyl (C=O) groups is 3. The topological polar surface area (TPSA) is 97.0 Å². The van der Waals surface area contributed by atoms with Gasteiger partial charge >= 0.3 is 0 Å². The molecule has 0 saturated carbocycles. The predicted octanol–water partition coefficient (Wildman–Crippen LogP) is 3.69. The third kappa shape index (κ3) is 5.39. The first-order valence-electron chi connectivity index (χ1n) is 11.7. The van der Waals surface area contributed by atoms with Crippen molar-refractivity contribution in [3.8, 4) is 5.75 Å². The molecule has 4 rings (SSSR count). The molecule has 1 saturated heterocycles. The molecule has 0 radical (unpaired) electrons. The second kappa shape index (κ2) is 10.3. The van der Waals surface area contributed by atoms with Gasteiger partial charge in [-0.05, 0) is 43.2 Å². The Hall–Kier alpha value is -3.39. The Bertz CT molecular complexity index is 1060. The number of hydrogen-bond acceptors (Lipinski definition) is 5. The zero-order chi connectivity index (χ0) is 24.2. The van der Waals surface area contributed by atoms with Crippen LogP contribution >= 0.6 is 0 Å². The van der Waals surface area contributed by atoms with Gasteiger partial charge in [0.25, 0.3) is 5.91 Å². The molecule has 0 unspecified atom stereocenters. The lowest BCUT2D eigenvalue weighted by atomic mass is 9.94. The van der Waals surface area contributed by atoms with Gasteiger partial charge in [0, 0.05) is 24.3 Å². The van der Waals surface area contributed by atoms with Gasteiger partial charge in [0.05, 0.1) is 24.1 Å². The molecule has 8 heteroatoms. The zero-order valence-electron chi connectivity index (χ0n) is 19.7. The Morgan fingerprint density at radius 2 is 1.82 bits per heavy atom. The number of benzene rings is 2. The van der Waals surface area contributed by atoms with Gasteiger partial charge in [-0.15, -0.1) is 0 Å². The summed E-state index contributed by atoms with van der Waals surface area (Å²) in [6.45, 7) is 3.89. The fourth-order valence-corrected chi connectivity index (χ4v) is 4.33. The maximum absolute atomic E-state index is 13.3. The molecule has 34 heavy (non-hydrogen) atoms. The fraction of sp³-hybridized carbons (Fsp3) is 0.423. The molecule has 3 atom stereocenters. The van der Waals surface area contributed by atoms with Crippen LogP contribution in [0.25, 0.3) is 0 Å². The smallest absolute Gasteiger partial charge is 0.257 e. The fourth-order valence-electron chi connectivity index (χ4n) is 4.33. The first-order chi connectivity index (χ1) is 16.3. The van der Waals surface area contributed by atoms with E-state index in [-0.39, 0.29) is 54.9 Å². The Morgan fingerprint density at radius 1 is 1.06 bits per heavy atom. The lowest BCUT2D eigenvalue weighted by Gasteiger charge is -2.42. The summed E-state index contributed by atoms with van der Waals surface area (Å²) in [7, 11) is 1.76. The van der Waals surface area contributed by atoms with E-state index in [9.17, 15) is 14.4 Å². The first-order valence-corrected chi connectivity index (χ1v) is 11.7. The number of ether oxygens (including phenoxy) is 2. The van der Waals surface area contributed by atoms with Crippen LogP contribution < -0.4 is 15.4 Å². The average Bonchev–Trinajstić information content (AvgIpc) is 2.82. The van der Waals surface area contributed by atoms with Crippen LogP contribution in [0.5, 0.6) is 5.75 Å². The van der Waals surface area contributed by atoms with Crippen LogP contribution in [-0.2, 0) is 14.3 Å². The molecule has 8 nitrogen and oxygen atoms in total. The Balaban J connectivity index is 1.43. The summed E-state index contributed by atoms with van der Waals surface area (Å²) in [5, 5.41) is 5.73. The maximum Gasteiger partial charge on any atom is 0.257 e. The minimum Gasteiger partial charge on any atom is -0.490 e. The summed E-state index contributed by atoms with van der Waals surface area (Å²) < 4.78 is 12.2. The number of rotatable bonds is 5. The number of fused-ring (bicyclic) bond motifs is 2. The number of anilines is 2. The molecular formula is C26H31N3O5. The summed E-state index contributed by atoms with van der Waals surface area (Å²) in [5.74, 6) is -0.123. The number of amides is 3. The summed E-state index contributed by atoms with van der Waals surface area (Å²) in [6, 6.07) is 14.2. The summed E-state index contributed by atoms with van der Waals surface area (Å²) in [4.78, 5) is 39.5. The van der Waals surface area contributed by atoms with E-state index >= 15 is 0 Å². The normalized spacial score (nSPS) is 22.1. The first kappa shape index (κ1) is 23.8. The van der Waals surface area contributed by atoms with Crippen molar-refractivity contribution in [1.82, 2.24) is 4.90 Å². The van der Waals surface area contributed by atoms with E-state index in [1.165, 1.54) is 0 Å². The predicted molar refractivity (Wildman–Crippen MR) is 129 cm³/mol. The summed E-state index contributed by atoms with van der Waals surface area (Å²) >= 11 is 0.